The van der Waals surface area contributed by atoms with Crippen LogP contribution in [0.25, 0.3) is 0 Å². The average Bonchev–Trinajstić information content (AvgIpc) is 3.27. The largest absolute Gasteiger partial charge is 0.435 e. The summed E-state index contributed by atoms with van der Waals surface area (Å²) < 4.78 is 136. The monoisotopic (exact) mass is 612 g/mol. The third-order valence-corrected chi connectivity index (χ3v) is 10.6. The fourth-order valence-corrected chi connectivity index (χ4v) is 8.65. The van der Waals surface area contributed by atoms with Gasteiger partial charge in [-0.05, 0) is 67.5 Å². The van der Waals surface area contributed by atoms with Gasteiger partial charge in [0.25, 0.3) is 0 Å². The molecule has 224 valence electrons. The highest BCUT2D eigenvalue weighted by Gasteiger charge is 2.74. The van der Waals surface area contributed by atoms with Crippen molar-refractivity contribution in [2.24, 2.45) is 0 Å². The molecule has 1 saturated carbocycles. The van der Waals surface area contributed by atoms with Crippen LogP contribution >= 0.6 is 0 Å². The van der Waals surface area contributed by atoms with Crippen LogP contribution in [0.2, 0.25) is 0 Å². The van der Waals surface area contributed by atoms with Gasteiger partial charge in [0.05, 0.1) is 10.4 Å². The summed E-state index contributed by atoms with van der Waals surface area (Å²) in [4.78, 5) is 24.2. The number of nitrogens with one attached hydrogen (secondary N) is 2. The molecule has 0 bridgehead atoms. The number of sulfone groups is 1. The zero-order valence-electron chi connectivity index (χ0n) is 21.3. The first-order valence-electron chi connectivity index (χ1n) is 12.4. The third kappa shape index (κ3) is 4.56. The number of fused-ring (bicyclic) bond motifs is 3. The number of urea groups is 1. The van der Waals surface area contributed by atoms with E-state index in [9.17, 15) is 53.1 Å². The standard InChI is InChI=1S/C26H24F8N2O4S/c1-2-20(37)35-21(38)36-22-11-3-12-23(22,41(39,40)18-7-5-17(27)6-8-18)19-9-4-16(14-15(19)10-13-22)24(28,25(29,30)31)26(32,33)34/h4-9,14H,2-3,10-13H2,1H3,(H2,35,36,37,38)/t22-,23+/m0/s1. The Bertz CT molecular complexity index is 1460. The van der Waals surface area contributed by atoms with E-state index in [0.29, 0.717) is 12.1 Å². The number of alkyl halides is 7. The minimum Gasteiger partial charge on any atom is -0.330 e. The van der Waals surface area contributed by atoms with Gasteiger partial charge in [-0.15, -0.1) is 0 Å². The fraction of sp³-hybridized carbons (Fsp3) is 0.462. The van der Waals surface area contributed by atoms with Crippen molar-refractivity contribution >= 4 is 21.8 Å². The molecule has 0 unspecified atom stereocenters. The van der Waals surface area contributed by atoms with Gasteiger partial charge in [-0.2, -0.15) is 26.3 Å². The van der Waals surface area contributed by atoms with E-state index in [4.69, 9.17) is 0 Å². The van der Waals surface area contributed by atoms with Crippen molar-refractivity contribution in [3.05, 3.63) is 65.0 Å². The second-order valence-corrected chi connectivity index (χ2v) is 12.3. The number of aryl methyl sites for hydroxylation is 1. The van der Waals surface area contributed by atoms with Crippen LogP contribution in [-0.4, -0.2) is 38.2 Å². The second-order valence-electron chi connectivity index (χ2n) is 10.1. The van der Waals surface area contributed by atoms with E-state index < -0.39 is 66.4 Å². The number of benzene rings is 2. The summed E-state index contributed by atoms with van der Waals surface area (Å²) in [5.41, 5.74) is -9.68. The molecule has 2 N–H and O–H groups in total. The van der Waals surface area contributed by atoms with Crippen LogP contribution in [0.3, 0.4) is 0 Å². The Morgan fingerprint density at radius 2 is 1.51 bits per heavy atom. The highest BCUT2D eigenvalue weighted by atomic mass is 32.2. The number of halogens is 8. The maximum Gasteiger partial charge on any atom is 0.435 e. The van der Waals surface area contributed by atoms with Crippen LogP contribution in [0.4, 0.5) is 39.9 Å². The molecule has 0 spiro atoms. The van der Waals surface area contributed by atoms with Gasteiger partial charge < -0.3 is 5.32 Å². The number of hydrogen-bond acceptors (Lipinski definition) is 4. The van der Waals surface area contributed by atoms with Crippen LogP contribution in [0.5, 0.6) is 0 Å². The first kappa shape index (κ1) is 30.7. The SMILES string of the molecule is CCC(=O)NC(=O)N[C@]12CCC[C@@]1(S(=O)(=O)c1ccc(F)cc1)c1ccc(C(F)(C(F)(F)F)C(F)(F)F)cc1CC2. The van der Waals surface area contributed by atoms with Crippen molar-refractivity contribution in [2.45, 2.75) is 78.7 Å². The lowest BCUT2D eigenvalue weighted by molar-refractivity contribution is -0.348. The summed E-state index contributed by atoms with van der Waals surface area (Å²) in [5, 5.41) is 4.62. The average molecular weight is 613 g/mol. The molecule has 2 aromatic carbocycles. The quantitative estimate of drug-likeness (QED) is 0.326. The van der Waals surface area contributed by atoms with E-state index in [-0.39, 0.29) is 55.7 Å². The molecule has 2 atom stereocenters. The lowest BCUT2D eigenvalue weighted by atomic mass is 9.69. The highest BCUT2D eigenvalue weighted by Crippen LogP contribution is 2.60. The van der Waals surface area contributed by atoms with Gasteiger partial charge in [0.15, 0.2) is 9.84 Å². The van der Waals surface area contributed by atoms with Crippen LogP contribution in [0.15, 0.2) is 47.4 Å². The smallest absolute Gasteiger partial charge is 0.330 e. The van der Waals surface area contributed by atoms with E-state index in [1.807, 2.05) is 0 Å². The van der Waals surface area contributed by atoms with Crippen LogP contribution in [0.1, 0.15) is 55.7 Å². The zero-order valence-corrected chi connectivity index (χ0v) is 22.2. The number of imide groups is 1. The number of hydrogen-bond donors (Lipinski definition) is 2. The molecule has 0 saturated heterocycles. The van der Waals surface area contributed by atoms with E-state index in [2.05, 4.69) is 10.6 Å². The molecule has 15 heteroatoms. The summed E-state index contributed by atoms with van der Waals surface area (Å²) in [6, 6.07) is 3.89. The lowest BCUT2D eigenvalue weighted by Crippen LogP contribution is -2.66. The van der Waals surface area contributed by atoms with Crippen molar-refractivity contribution in [3.8, 4) is 0 Å². The Kier molecular flexibility index (Phi) is 7.45. The normalized spacial score (nSPS) is 23.0. The number of amides is 3. The summed E-state index contributed by atoms with van der Waals surface area (Å²) >= 11 is 0. The predicted octanol–water partition coefficient (Wildman–Crippen LogP) is 5.89. The highest BCUT2D eigenvalue weighted by molar-refractivity contribution is 7.92. The van der Waals surface area contributed by atoms with E-state index >= 15 is 0 Å². The first-order valence-corrected chi connectivity index (χ1v) is 13.9. The molecule has 6 nitrogen and oxygen atoms in total. The Balaban J connectivity index is 1.97. The molecule has 3 amide bonds. The maximum atomic E-state index is 14.9. The molecule has 0 radical (unpaired) electrons. The van der Waals surface area contributed by atoms with Gasteiger partial charge in [-0.25, -0.2) is 22.0 Å². The van der Waals surface area contributed by atoms with Crippen molar-refractivity contribution in [1.82, 2.24) is 10.6 Å². The Labute approximate surface area is 229 Å². The molecule has 41 heavy (non-hydrogen) atoms. The zero-order chi connectivity index (χ0) is 30.6. The molecule has 4 rings (SSSR count). The molecule has 2 aliphatic carbocycles. The maximum absolute atomic E-state index is 14.9. The van der Waals surface area contributed by atoms with E-state index in [1.54, 1.807) is 0 Å². The van der Waals surface area contributed by atoms with Crippen molar-refractivity contribution in [3.63, 3.8) is 0 Å². The summed E-state index contributed by atoms with van der Waals surface area (Å²) in [6.07, 6.45) is -13.5. The fourth-order valence-electron chi connectivity index (χ4n) is 6.09. The third-order valence-electron chi connectivity index (χ3n) is 7.96. The molecule has 2 aliphatic rings. The molecule has 0 aliphatic heterocycles. The minimum atomic E-state index is -6.38. The number of carbonyl (C=O) groups is 2. The van der Waals surface area contributed by atoms with Gasteiger partial charge >= 0.3 is 24.1 Å². The van der Waals surface area contributed by atoms with E-state index in [1.165, 1.54) is 6.92 Å². The summed E-state index contributed by atoms with van der Waals surface area (Å²) in [7, 11) is -4.67. The number of rotatable bonds is 5. The molecule has 0 heterocycles. The van der Waals surface area contributed by atoms with E-state index in [0.717, 1.165) is 24.3 Å². The van der Waals surface area contributed by atoms with Crippen LogP contribution < -0.4 is 10.6 Å². The van der Waals surface area contributed by atoms with Gasteiger partial charge in [0, 0.05) is 12.0 Å². The van der Waals surface area contributed by atoms with Crippen LogP contribution in [-0.2, 0) is 31.5 Å². The Hall–Kier alpha value is -3.23. The molecule has 1 fully saturated rings. The van der Waals surface area contributed by atoms with Crippen molar-refractivity contribution in [2.75, 3.05) is 0 Å². The van der Waals surface area contributed by atoms with Gasteiger partial charge in [-0.3, -0.25) is 10.1 Å². The molecular weight excluding hydrogens is 588 g/mol. The predicted molar refractivity (Wildman–Crippen MR) is 128 cm³/mol. The van der Waals surface area contributed by atoms with Gasteiger partial charge in [0.1, 0.15) is 10.6 Å². The molecule has 2 aromatic rings. The number of carbonyl (C=O) groups excluding carboxylic acids is 2. The summed E-state index contributed by atoms with van der Waals surface area (Å²) in [5.74, 6) is -1.47. The molecule has 0 aromatic heterocycles. The topological polar surface area (TPSA) is 92.3 Å². The Morgan fingerprint density at radius 1 is 0.902 bits per heavy atom. The lowest BCUT2D eigenvalue weighted by Gasteiger charge is -2.50. The van der Waals surface area contributed by atoms with Gasteiger partial charge in [0.2, 0.25) is 5.91 Å². The van der Waals surface area contributed by atoms with Crippen molar-refractivity contribution in [1.29, 1.82) is 0 Å². The first-order chi connectivity index (χ1) is 18.9. The molecular formula is C26H24F8N2O4S. The van der Waals surface area contributed by atoms with Crippen molar-refractivity contribution < 1.29 is 53.1 Å². The minimum absolute atomic E-state index is 0.0144. The van der Waals surface area contributed by atoms with Crippen LogP contribution in [0, 0.1) is 5.82 Å². The second kappa shape index (κ2) is 9.95. The van der Waals surface area contributed by atoms with Gasteiger partial charge in [-0.1, -0.05) is 25.1 Å². The Morgan fingerprint density at radius 3 is 2.07 bits per heavy atom. The summed E-state index contributed by atoms with van der Waals surface area (Å²) in [6.45, 7) is 1.46.